The summed E-state index contributed by atoms with van der Waals surface area (Å²) in [7, 11) is 0. The Bertz CT molecular complexity index is 2370. The van der Waals surface area contributed by atoms with Gasteiger partial charge in [-0.05, 0) is 144 Å². The molecule has 1 aliphatic carbocycles. The van der Waals surface area contributed by atoms with Gasteiger partial charge >= 0.3 is 12.2 Å². The number of rotatable bonds is 18. The van der Waals surface area contributed by atoms with Crippen LogP contribution in [-0.4, -0.2) is 38.6 Å². The Labute approximate surface area is 402 Å². The van der Waals surface area contributed by atoms with Crippen molar-refractivity contribution in [1.82, 2.24) is 0 Å². The van der Waals surface area contributed by atoms with Crippen molar-refractivity contribution in [2.24, 2.45) is 0 Å². The standard InChI is InChI=1S/C58H66N2O8/c1-7-25-63-53-43-13-11-14-44(53)34-48-30-42(38-68-58(62)60-52-23-19-40(6)20-24-52)32-50(56(48)66-28-10-4)36-46-16-12-15-45(54(46)64-26-8-2)35-49-31-41(29-47(33-43)55(49)65-27-9-3)37-67-57(61)59-51-21-17-39(5)18-22-51/h11-24,29-32H,7-10,25-28,33-38H2,1-6H3,(H,59,61)(H,60,62). The van der Waals surface area contributed by atoms with E-state index in [1.165, 1.54) is 0 Å². The van der Waals surface area contributed by atoms with Gasteiger partial charge in [0, 0.05) is 37.1 Å². The highest BCUT2D eigenvalue weighted by molar-refractivity contribution is 5.85. The van der Waals surface area contributed by atoms with Crippen LogP contribution in [0.15, 0.2) is 109 Å². The first kappa shape index (κ1) is 49.0. The van der Waals surface area contributed by atoms with E-state index < -0.39 is 12.2 Å². The first-order chi connectivity index (χ1) is 33.1. The molecule has 0 unspecified atom stereocenters. The third-order valence-electron chi connectivity index (χ3n) is 11.6. The van der Waals surface area contributed by atoms with Gasteiger partial charge in [0.2, 0.25) is 0 Å². The monoisotopic (exact) mass is 918 g/mol. The van der Waals surface area contributed by atoms with Gasteiger partial charge in [0.1, 0.15) is 36.2 Å². The number of carbonyl (C=O) groups excluding carboxylic acids is 2. The Morgan fingerprint density at radius 3 is 0.971 bits per heavy atom. The summed E-state index contributed by atoms with van der Waals surface area (Å²) in [5.74, 6) is 3.24. The molecule has 0 fully saturated rings. The molecule has 0 radical (unpaired) electrons. The maximum Gasteiger partial charge on any atom is 0.411 e. The molecule has 1 aliphatic rings. The molecule has 68 heavy (non-hydrogen) atoms. The zero-order valence-electron chi connectivity index (χ0n) is 40.6. The van der Waals surface area contributed by atoms with E-state index in [1.807, 2.05) is 62.4 Å². The molecule has 356 valence electrons. The smallest absolute Gasteiger partial charge is 0.411 e. The van der Waals surface area contributed by atoms with Crippen LogP contribution in [0.2, 0.25) is 0 Å². The lowest BCUT2D eigenvalue weighted by atomic mass is 9.89. The second kappa shape index (κ2) is 24.2. The van der Waals surface area contributed by atoms with Crippen LogP contribution in [0.1, 0.15) is 120 Å². The molecule has 0 aliphatic heterocycles. The molecule has 0 heterocycles. The average molecular weight is 919 g/mol. The van der Waals surface area contributed by atoms with Crippen molar-refractivity contribution < 1.29 is 38.0 Å². The molecule has 0 atom stereocenters. The molecule has 2 N–H and O–H groups in total. The van der Waals surface area contributed by atoms with Gasteiger partial charge in [-0.15, -0.1) is 0 Å². The van der Waals surface area contributed by atoms with Crippen molar-refractivity contribution >= 4 is 23.6 Å². The van der Waals surface area contributed by atoms with Crippen molar-refractivity contribution in [2.45, 2.75) is 106 Å². The number of aryl methyl sites for hydroxylation is 2. The van der Waals surface area contributed by atoms with Gasteiger partial charge in [0.15, 0.2) is 0 Å². The second-order valence-corrected chi connectivity index (χ2v) is 17.5. The molecule has 0 saturated carbocycles. The van der Waals surface area contributed by atoms with Crippen LogP contribution in [0.5, 0.6) is 23.0 Å². The van der Waals surface area contributed by atoms with E-state index in [0.29, 0.717) is 63.5 Å². The van der Waals surface area contributed by atoms with E-state index in [-0.39, 0.29) is 13.2 Å². The van der Waals surface area contributed by atoms with E-state index in [1.54, 1.807) is 0 Å². The molecule has 10 heteroatoms. The highest BCUT2D eigenvalue weighted by Crippen LogP contribution is 2.40. The summed E-state index contributed by atoms with van der Waals surface area (Å²) in [6.45, 7) is 14.7. The molecule has 0 aromatic heterocycles. The molecule has 10 nitrogen and oxygen atoms in total. The molecule has 6 aromatic rings. The summed E-state index contributed by atoms with van der Waals surface area (Å²) in [6.07, 6.45) is 4.23. The number of carbonyl (C=O) groups is 2. The van der Waals surface area contributed by atoms with E-state index in [9.17, 15) is 9.59 Å². The maximum atomic E-state index is 13.2. The highest BCUT2D eigenvalue weighted by atomic mass is 16.6. The Balaban J connectivity index is 1.36. The van der Waals surface area contributed by atoms with Crippen LogP contribution in [0, 0.1) is 13.8 Å². The van der Waals surface area contributed by atoms with E-state index in [4.69, 9.17) is 28.4 Å². The quantitative estimate of drug-likeness (QED) is 0.0875. The van der Waals surface area contributed by atoms with Crippen LogP contribution < -0.4 is 29.6 Å². The van der Waals surface area contributed by atoms with Gasteiger partial charge in [0.25, 0.3) is 0 Å². The summed E-state index contributed by atoms with van der Waals surface area (Å²) >= 11 is 0. The number of anilines is 2. The first-order valence-corrected chi connectivity index (χ1v) is 24.2. The van der Waals surface area contributed by atoms with E-state index >= 15 is 0 Å². The second-order valence-electron chi connectivity index (χ2n) is 17.5. The van der Waals surface area contributed by atoms with Crippen molar-refractivity contribution in [3.63, 3.8) is 0 Å². The lowest BCUT2D eigenvalue weighted by molar-refractivity contribution is 0.154. The number of fused-ring (bicyclic) bond motifs is 8. The third-order valence-corrected chi connectivity index (χ3v) is 11.6. The predicted octanol–water partition coefficient (Wildman–Crippen LogP) is 13.6. The minimum absolute atomic E-state index is 0.0546. The summed E-state index contributed by atoms with van der Waals surface area (Å²) in [4.78, 5) is 26.4. The highest BCUT2D eigenvalue weighted by Gasteiger charge is 2.24. The largest absolute Gasteiger partial charge is 0.493 e. The van der Waals surface area contributed by atoms with Crippen molar-refractivity contribution in [3.05, 3.63) is 176 Å². The lowest BCUT2D eigenvalue weighted by Crippen LogP contribution is -2.14. The fraction of sp³-hybridized carbons (Fsp3) is 0.345. The zero-order valence-corrected chi connectivity index (χ0v) is 40.6. The molecule has 0 spiro atoms. The average Bonchev–Trinajstić information content (AvgIpc) is 3.33. The number of nitrogens with one attached hydrogen (secondary N) is 2. The minimum atomic E-state index is -0.533. The fourth-order valence-electron chi connectivity index (χ4n) is 8.44. The van der Waals surface area contributed by atoms with E-state index in [2.05, 4.69) is 99.0 Å². The van der Waals surface area contributed by atoms with Crippen LogP contribution >= 0.6 is 0 Å². The first-order valence-electron chi connectivity index (χ1n) is 24.2. The third kappa shape index (κ3) is 13.1. The van der Waals surface area contributed by atoms with Gasteiger partial charge in [-0.2, -0.15) is 0 Å². The maximum absolute atomic E-state index is 13.2. The Morgan fingerprint density at radius 1 is 0.412 bits per heavy atom. The number of ether oxygens (including phenoxy) is 6. The zero-order chi connectivity index (χ0) is 47.8. The van der Waals surface area contributed by atoms with Crippen molar-refractivity contribution in [3.8, 4) is 23.0 Å². The molecular weight excluding hydrogens is 853 g/mol. The molecule has 6 aromatic carbocycles. The van der Waals surface area contributed by atoms with Crippen LogP contribution in [0.25, 0.3) is 0 Å². The molecule has 8 bridgehead atoms. The lowest BCUT2D eigenvalue weighted by Gasteiger charge is -2.24. The summed E-state index contributed by atoms with van der Waals surface area (Å²) in [5, 5.41) is 5.74. The van der Waals surface area contributed by atoms with Gasteiger partial charge < -0.3 is 28.4 Å². The number of amides is 2. The normalized spacial score (nSPS) is 11.9. The molecule has 0 saturated heterocycles. The van der Waals surface area contributed by atoms with Gasteiger partial charge in [-0.25, -0.2) is 9.59 Å². The Morgan fingerprint density at radius 2 is 0.691 bits per heavy atom. The van der Waals surface area contributed by atoms with Gasteiger partial charge in [0.05, 0.1) is 26.4 Å². The Hall–Kier alpha value is -6.94. The van der Waals surface area contributed by atoms with Crippen LogP contribution in [0.3, 0.4) is 0 Å². The summed E-state index contributed by atoms with van der Waals surface area (Å²) < 4.78 is 38.7. The van der Waals surface area contributed by atoms with E-state index in [0.717, 1.165) is 115 Å². The molecular formula is C58H66N2O8. The minimum Gasteiger partial charge on any atom is -0.493 e. The summed E-state index contributed by atoms with van der Waals surface area (Å²) in [5.41, 5.74) is 13.1. The number of para-hydroxylation sites is 2. The fourth-order valence-corrected chi connectivity index (χ4v) is 8.44. The van der Waals surface area contributed by atoms with Crippen LogP contribution in [-0.2, 0) is 48.4 Å². The van der Waals surface area contributed by atoms with Gasteiger partial charge in [-0.1, -0.05) is 99.5 Å². The summed E-state index contributed by atoms with van der Waals surface area (Å²) in [6, 6.07) is 36.3. The predicted molar refractivity (Wildman–Crippen MR) is 270 cm³/mol. The Kier molecular flexibility index (Phi) is 17.4. The van der Waals surface area contributed by atoms with Crippen molar-refractivity contribution in [2.75, 3.05) is 37.1 Å². The topological polar surface area (TPSA) is 114 Å². The molecule has 7 rings (SSSR count). The number of hydrogen-bond donors (Lipinski definition) is 2. The van der Waals surface area contributed by atoms with Crippen LogP contribution in [0.4, 0.5) is 21.0 Å². The van der Waals surface area contributed by atoms with Gasteiger partial charge in [-0.3, -0.25) is 10.6 Å². The van der Waals surface area contributed by atoms with Crippen molar-refractivity contribution in [1.29, 1.82) is 0 Å². The number of benzene rings is 6. The molecule has 2 amide bonds. The number of hydrogen-bond acceptors (Lipinski definition) is 8. The SMILES string of the molecule is CCCOc1c2cccc1Cc1cc(COC(=O)Nc3ccc(C)cc3)cc(c1OCCC)Cc1cccc(c1OCCC)Cc1cc(COC(=O)Nc3ccc(C)cc3)cc(c1OCCC)C2.